The van der Waals surface area contributed by atoms with E-state index in [1.165, 1.54) is 0 Å². The second-order valence-electron chi connectivity index (χ2n) is 13.2. The Kier molecular flexibility index (Phi) is 8.05. The zero-order valence-electron chi connectivity index (χ0n) is 24.3. The van der Waals surface area contributed by atoms with Gasteiger partial charge in [0.2, 0.25) is 5.91 Å². The molecular formula is C30H35BrClF4N5O3. The molecule has 5 aliphatic rings. The molecular weight excluding hydrogens is 670 g/mol. The Morgan fingerprint density at radius 2 is 2.02 bits per heavy atom. The molecule has 0 aliphatic carbocycles. The Morgan fingerprint density at radius 1 is 1.20 bits per heavy atom. The highest BCUT2D eigenvalue weighted by Gasteiger charge is 2.51. The molecule has 44 heavy (non-hydrogen) atoms. The zero-order chi connectivity index (χ0) is 30.8. The summed E-state index contributed by atoms with van der Waals surface area (Å²) in [5, 5.41) is 0.438. The maximum Gasteiger partial charge on any atom is 0.319 e. The van der Waals surface area contributed by atoms with E-state index >= 15 is 4.39 Å². The normalized spacial score (nSPS) is 28.2. The van der Waals surface area contributed by atoms with Crippen molar-refractivity contribution in [2.24, 2.45) is 11.3 Å². The average molecular weight is 705 g/mol. The van der Waals surface area contributed by atoms with Crippen molar-refractivity contribution in [1.82, 2.24) is 19.8 Å². The smallest absolute Gasteiger partial charge is 0.319 e. The first-order valence-corrected chi connectivity index (χ1v) is 16.5. The van der Waals surface area contributed by atoms with Crippen LogP contribution >= 0.6 is 27.5 Å². The van der Waals surface area contributed by atoms with Gasteiger partial charge in [0.15, 0.2) is 11.6 Å². The number of hydrogen-bond donors (Lipinski definition) is 0. The minimum Gasteiger partial charge on any atom is -0.489 e. The number of carbonyl (C=O) groups excluding carboxylic acids is 1. The summed E-state index contributed by atoms with van der Waals surface area (Å²) in [5.74, 6) is -1.26. The minimum atomic E-state index is -0.970. The third-order valence-electron chi connectivity index (χ3n) is 10.4. The van der Waals surface area contributed by atoms with Crippen molar-refractivity contribution in [3.05, 3.63) is 15.3 Å². The maximum atomic E-state index is 15.8. The third kappa shape index (κ3) is 4.99. The average Bonchev–Trinajstić information content (AvgIpc) is 3.38. The molecule has 0 radical (unpaired) electrons. The van der Waals surface area contributed by atoms with Gasteiger partial charge in [-0.3, -0.25) is 18.5 Å². The van der Waals surface area contributed by atoms with Crippen LogP contribution in [0.1, 0.15) is 44.9 Å². The molecule has 8 nitrogen and oxygen atoms in total. The van der Waals surface area contributed by atoms with Gasteiger partial charge in [0.1, 0.15) is 42.4 Å². The lowest BCUT2D eigenvalue weighted by Crippen LogP contribution is -2.63. The fourth-order valence-corrected chi connectivity index (χ4v) is 8.73. The van der Waals surface area contributed by atoms with E-state index in [2.05, 4.69) is 30.7 Å². The maximum absolute atomic E-state index is 15.8. The van der Waals surface area contributed by atoms with Crippen LogP contribution < -0.4 is 14.4 Å². The summed E-state index contributed by atoms with van der Waals surface area (Å²) in [5.41, 5.74) is -0.728. The van der Waals surface area contributed by atoms with Gasteiger partial charge in [0.25, 0.3) is 0 Å². The van der Waals surface area contributed by atoms with Crippen LogP contribution in [0.2, 0.25) is 5.02 Å². The van der Waals surface area contributed by atoms with E-state index in [0.717, 1.165) is 38.6 Å². The van der Waals surface area contributed by atoms with E-state index in [1.54, 1.807) is 4.90 Å². The van der Waals surface area contributed by atoms with Crippen molar-refractivity contribution in [2.75, 3.05) is 64.2 Å². The number of halogens is 6. The molecule has 0 N–H and O–H groups in total. The summed E-state index contributed by atoms with van der Waals surface area (Å²) < 4.78 is 69.2. The number of rotatable bonds is 7. The monoisotopic (exact) mass is 703 g/mol. The van der Waals surface area contributed by atoms with Crippen LogP contribution in [0.3, 0.4) is 0 Å². The third-order valence-corrected chi connectivity index (χ3v) is 11.7. The van der Waals surface area contributed by atoms with Crippen LogP contribution in [0.15, 0.2) is 4.47 Å². The fraction of sp³-hybridized carbons (Fsp3) is 0.700. The lowest BCUT2D eigenvalue weighted by molar-refractivity contribution is -0.148. The molecule has 2 unspecified atom stereocenters. The number of alkyl halides is 3. The highest BCUT2D eigenvalue weighted by molar-refractivity contribution is 9.10. The lowest BCUT2D eigenvalue weighted by atomic mass is 9.75. The van der Waals surface area contributed by atoms with Gasteiger partial charge in [-0.25, -0.2) is 8.78 Å². The van der Waals surface area contributed by atoms with Crippen molar-refractivity contribution in [3.63, 3.8) is 0 Å². The number of fused-ring (bicyclic) bond motifs is 3. The first-order chi connectivity index (χ1) is 21.2. The van der Waals surface area contributed by atoms with Crippen LogP contribution in [-0.4, -0.2) is 103 Å². The van der Waals surface area contributed by atoms with Gasteiger partial charge in [-0.1, -0.05) is 18.0 Å². The number of benzene rings is 1. The topological polar surface area (TPSA) is 71.0 Å². The van der Waals surface area contributed by atoms with E-state index in [1.807, 2.05) is 0 Å². The summed E-state index contributed by atoms with van der Waals surface area (Å²) in [4.78, 5) is 28.1. The molecule has 0 bridgehead atoms. The van der Waals surface area contributed by atoms with Crippen molar-refractivity contribution < 1.29 is 31.8 Å². The highest BCUT2D eigenvalue weighted by Crippen LogP contribution is 2.50. The van der Waals surface area contributed by atoms with E-state index in [0.29, 0.717) is 43.8 Å². The van der Waals surface area contributed by atoms with Gasteiger partial charge in [-0.15, -0.1) is 0 Å². The van der Waals surface area contributed by atoms with Gasteiger partial charge in [0.05, 0.1) is 34.0 Å². The molecule has 6 heterocycles. The Labute approximate surface area is 266 Å². The number of aromatic nitrogens is 2. The first kappa shape index (κ1) is 30.5. The predicted octanol–water partition coefficient (Wildman–Crippen LogP) is 5.67. The number of hydrogen-bond acceptors (Lipinski definition) is 7. The molecule has 7 rings (SSSR count). The van der Waals surface area contributed by atoms with Crippen LogP contribution in [0, 0.1) is 17.2 Å². The van der Waals surface area contributed by atoms with Crippen molar-refractivity contribution >= 4 is 50.2 Å². The van der Waals surface area contributed by atoms with Gasteiger partial charge in [0, 0.05) is 38.0 Å². The number of carbonyl (C=O) groups is 1. The quantitative estimate of drug-likeness (QED) is 0.272. The molecule has 4 atom stereocenters. The number of anilines is 1. The molecule has 4 saturated heterocycles. The molecule has 240 valence electrons. The second-order valence-corrected chi connectivity index (χ2v) is 14.4. The van der Waals surface area contributed by atoms with Crippen molar-refractivity contribution in [3.8, 4) is 11.8 Å². The number of likely N-dealkylation sites (tertiary alicyclic amines) is 1. The molecule has 1 amide bonds. The minimum absolute atomic E-state index is 0.00326. The van der Waals surface area contributed by atoms with Gasteiger partial charge >= 0.3 is 6.01 Å². The van der Waals surface area contributed by atoms with E-state index in [9.17, 15) is 18.0 Å². The Hall–Kier alpha value is -2.12. The molecule has 1 aromatic carbocycles. The zero-order valence-corrected chi connectivity index (χ0v) is 26.6. The molecule has 0 saturated carbocycles. The summed E-state index contributed by atoms with van der Waals surface area (Å²) in [6.45, 7) is 1.37. The van der Waals surface area contributed by atoms with Gasteiger partial charge < -0.3 is 19.3 Å². The van der Waals surface area contributed by atoms with E-state index in [-0.39, 0.29) is 63.8 Å². The van der Waals surface area contributed by atoms with E-state index in [4.69, 9.17) is 26.1 Å². The Balaban J connectivity index is 1.24. The lowest BCUT2D eigenvalue weighted by Gasteiger charge is -2.52. The van der Waals surface area contributed by atoms with Crippen molar-refractivity contribution in [2.45, 2.75) is 62.7 Å². The van der Waals surface area contributed by atoms with Crippen molar-refractivity contribution in [1.29, 1.82) is 0 Å². The highest BCUT2D eigenvalue weighted by atomic mass is 79.9. The molecule has 2 aromatic rings. The van der Waals surface area contributed by atoms with Crippen LogP contribution in [0.5, 0.6) is 11.8 Å². The number of ether oxygens (including phenoxy) is 2. The summed E-state index contributed by atoms with van der Waals surface area (Å²) in [6.07, 6.45) is 3.53. The summed E-state index contributed by atoms with van der Waals surface area (Å²) in [6, 6.07) is -0.122. The van der Waals surface area contributed by atoms with E-state index < -0.39 is 36.8 Å². The molecule has 4 fully saturated rings. The van der Waals surface area contributed by atoms with Crippen LogP contribution in [0.4, 0.5) is 23.4 Å². The summed E-state index contributed by atoms with van der Waals surface area (Å²) in [7, 11) is 0. The number of amides is 1. The van der Waals surface area contributed by atoms with Gasteiger partial charge in [-0.05, 0) is 54.6 Å². The first-order valence-electron chi connectivity index (χ1n) is 15.4. The largest absolute Gasteiger partial charge is 0.489 e. The SMILES string of the molecule is O=C(C(CF)CCF)N1CC2(CCCC3COc4c(Cl)c(Br)c(F)c5nc(OC[C@@]67CCCN6C[C@H](F)C7)nc(c45)N3C2)C1. The van der Waals surface area contributed by atoms with Crippen LogP contribution in [0.25, 0.3) is 10.9 Å². The second kappa shape index (κ2) is 11.6. The standard InChI is InChI=1S/C30H35BrClF4N5O3/c31-21-22(32)25-20-24(23(21)36)37-28(44-16-30-6-2-8-40(30)11-18(35)9-30)38-26(20)41-15-29(5-1-3-19(41)12-43-25)13-39(14-29)27(42)17(10-34)4-7-33/h17-19H,1-16H2/t17?,18-,19?,30+/m1/s1. The van der Waals surface area contributed by atoms with Gasteiger partial charge in [-0.2, -0.15) is 9.97 Å². The van der Waals surface area contributed by atoms with Crippen LogP contribution in [-0.2, 0) is 4.79 Å². The molecule has 1 spiro atoms. The molecule has 1 aromatic heterocycles. The summed E-state index contributed by atoms with van der Waals surface area (Å²) >= 11 is 9.87. The Bertz CT molecular complexity index is 1470. The fourth-order valence-electron chi connectivity index (χ4n) is 8.13. The predicted molar refractivity (Wildman–Crippen MR) is 160 cm³/mol. The molecule has 5 aliphatic heterocycles. The number of nitrogens with zero attached hydrogens (tertiary/aromatic N) is 5. The molecule has 14 heteroatoms. The Morgan fingerprint density at radius 3 is 2.80 bits per heavy atom.